The molecule has 0 aromatic carbocycles. The number of aliphatic carboxylic acids is 1. The number of hydrogen-bond donors (Lipinski definition) is 2. The molecule has 3 heterocycles. The summed E-state index contributed by atoms with van der Waals surface area (Å²) in [6.07, 6.45) is -0.832. The SMILES string of the molecule is O=C(O)C(F)(F)F.O=C(c1nc2c(s1)CCNCC2)N1CCCC1. The summed E-state index contributed by atoms with van der Waals surface area (Å²) in [7, 11) is 0. The number of alkyl halides is 3. The largest absolute Gasteiger partial charge is 0.490 e. The molecule has 0 aliphatic carbocycles. The monoisotopic (exact) mass is 365 g/mol. The number of carboxylic acids is 1. The normalized spacial score (nSPS) is 17.5. The van der Waals surface area contributed by atoms with E-state index in [9.17, 15) is 18.0 Å². The molecule has 0 saturated carbocycles. The van der Waals surface area contributed by atoms with E-state index in [0.29, 0.717) is 5.01 Å². The number of fused-ring (bicyclic) bond motifs is 1. The lowest BCUT2D eigenvalue weighted by Crippen LogP contribution is -2.27. The summed E-state index contributed by atoms with van der Waals surface area (Å²) < 4.78 is 31.7. The average Bonchev–Trinajstić information content (AvgIpc) is 3.12. The lowest BCUT2D eigenvalue weighted by molar-refractivity contribution is -0.192. The molecule has 3 rings (SSSR count). The minimum atomic E-state index is -5.08. The minimum Gasteiger partial charge on any atom is -0.475 e. The van der Waals surface area contributed by atoms with Crippen LogP contribution in [0.3, 0.4) is 0 Å². The number of thiazole rings is 1. The first-order valence-corrected chi connectivity index (χ1v) is 8.39. The van der Waals surface area contributed by atoms with Crippen LogP contribution in [-0.2, 0) is 17.6 Å². The number of likely N-dealkylation sites (tertiary alicyclic amines) is 1. The van der Waals surface area contributed by atoms with Crippen LogP contribution in [0.4, 0.5) is 13.2 Å². The standard InChI is InChI=1S/C12H17N3OS.C2HF3O2/c16-12(15-7-1-2-8-15)11-14-9-3-5-13-6-4-10(9)17-11;3-2(4,5)1(6)7/h13H,1-8H2;(H,6,7). The summed E-state index contributed by atoms with van der Waals surface area (Å²) in [6, 6.07) is 0. The number of nitrogens with one attached hydrogen (secondary N) is 1. The lowest BCUT2D eigenvalue weighted by Gasteiger charge is -2.12. The molecular formula is C14H18F3N3O3S. The lowest BCUT2D eigenvalue weighted by atomic mass is 10.2. The number of hydrogen-bond acceptors (Lipinski definition) is 5. The number of carboxylic acid groups (broad SMARTS) is 1. The third kappa shape index (κ3) is 4.91. The van der Waals surface area contributed by atoms with Gasteiger partial charge < -0.3 is 15.3 Å². The van der Waals surface area contributed by atoms with Crippen molar-refractivity contribution in [3.05, 3.63) is 15.6 Å². The predicted molar refractivity (Wildman–Crippen MR) is 81.2 cm³/mol. The Morgan fingerprint density at radius 1 is 1.17 bits per heavy atom. The van der Waals surface area contributed by atoms with Gasteiger partial charge in [-0.25, -0.2) is 9.78 Å². The van der Waals surface area contributed by atoms with Gasteiger partial charge in [-0.2, -0.15) is 13.2 Å². The van der Waals surface area contributed by atoms with Crippen molar-refractivity contribution in [2.45, 2.75) is 31.9 Å². The number of nitrogens with zero attached hydrogens (tertiary/aromatic N) is 2. The van der Waals surface area contributed by atoms with E-state index in [0.717, 1.165) is 57.6 Å². The Morgan fingerprint density at radius 3 is 2.33 bits per heavy atom. The van der Waals surface area contributed by atoms with E-state index in [4.69, 9.17) is 9.90 Å². The van der Waals surface area contributed by atoms with Crippen molar-refractivity contribution in [3.63, 3.8) is 0 Å². The number of carbonyl (C=O) groups excluding carboxylic acids is 1. The van der Waals surface area contributed by atoms with Crippen molar-refractivity contribution < 1.29 is 27.9 Å². The molecule has 1 fully saturated rings. The van der Waals surface area contributed by atoms with Crippen molar-refractivity contribution >= 4 is 23.2 Å². The van der Waals surface area contributed by atoms with Crippen molar-refractivity contribution in [1.29, 1.82) is 0 Å². The Balaban J connectivity index is 0.000000256. The molecule has 1 amide bonds. The van der Waals surface area contributed by atoms with Crippen LogP contribution in [0.5, 0.6) is 0 Å². The van der Waals surface area contributed by atoms with Gasteiger partial charge in [0, 0.05) is 37.5 Å². The van der Waals surface area contributed by atoms with E-state index in [1.54, 1.807) is 11.3 Å². The van der Waals surface area contributed by atoms with Crippen LogP contribution < -0.4 is 5.32 Å². The highest BCUT2D eigenvalue weighted by atomic mass is 32.1. The number of rotatable bonds is 1. The van der Waals surface area contributed by atoms with E-state index in [-0.39, 0.29) is 5.91 Å². The Kier molecular flexibility index (Phi) is 6.16. The third-order valence-corrected chi connectivity index (χ3v) is 4.81. The topological polar surface area (TPSA) is 82.5 Å². The van der Waals surface area contributed by atoms with Crippen LogP contribution in [0, 0.1) is 0 Å². The zero-order valence-corrected chi connectivity index (χ0v) is 13.7. The van der Waals surface area contributed by atoms with Gasteiger partial charge in [0.25, 0.3) is 5.91 Å². The molecule has 0 unspecified atom stereocenters. The Morgan fingerprint density at radius 2 is 1.75 bits per heavy atom. The predicted octanol–water partition coefficient (Wildman–Crippen LogP) is 1.70. The van der Waals surface area contributed by atoms with Crippen LogP contribution in [0.25, 0.3) is 0 Å². The summed E-state index contributed by atoms with van der Waals surface area (Å²) in [5.41, 5.74) is 1.14. The maximum atomic E-state index is 12.2. The van der Waals surface area contributed by atoms with Crippen molar-refractivity contribution in [2.24, 2.45) is 0 Å². The molecule has 0 atom stereocenters. The second-order valence-electron chi connectivity index (χ2n) is 5.44. The first-order valence-electron chi connectivity index (χ1n) is 7.57. The molecule has 0 spiro atoms. The first kappa shape index (κ1) is 18.7. The molecule has 6 nitrogen and oxygen atoms in total. The zero-order valence-electron chi connectivity index (χ0n) is 12.9. The molecule has 2 aliphatic rings. The summed E-state index contributed by atoms with van der Waals surface area (Å²) in [6.45, 7) is 3.80. The van der Waals surface area contributed by atoms with Crippen LogP contribution >= 0.6 is 11.3 Å². The van der Waals surface area contributed by atoms with Gasteiger partial charge in [0.1, 0.15) is 0 Å². The fourth-order valence-corrected chi connectivity index (χ4v) is 3.53. The Hall–Kier alpha value is -1.68. The van der Waals surface area contributed by atoms with Crippen molar-refractivity contribution in [3.8, 4) is 0 Å². The highest BCUT2D eigenvalue weighted by Crippen LogP contribution is 2.23. The summed E-state index contributed by atoms with van der Waals surface area (Å²) in [5, 5.41) is 11.2. The van der Waals surface area contributed by atoms with Gasteiger partial charge in [-0.1, -0.05) is 0 Å². The quantitative estimate of drug-likeness (QED) is 0.792. The summed E-state index contributed by atoms with van der Waals surface area (Å²) in [4.78, 5) is 28.9. The van der Waals surface area contributed by atoms with Gasteiger partial charge in [0.05, 0.1) is 5.69 Å². The van der Waals surface area contributed by atoms with Gasteiger partial charge in [0.15, 0.2) is 5.01 Å². The Labute approximate surface area is 140 Å². The van der Waals surface area contributed by atoms with Gasteiger partial charge in [-0.15, -0.1) is 11.3 Å². The highest BCUT2D eigenvalue weighted by molar-refractivity contribution is 7.13. The molecule has 2 N–H and O–H groups in total. The molecule has 134 valence electrons. The van der Waals surface area contributed by atoms with Crippen LogP contribution in [0.2, 0.25) is 0 Å². The number of amides is 1. The fraction of sp³-hybridized carbons (Fsp3) is 0.643. The van der Waals surface area contributed by atoms with E-state index < -0.39 is 12.1 Å². The molecule has 1 saturated heterocycles. The van der Waals surface area contributed by atoms with Gasteiger partial charge in [0.2, 0.25) is 0 Å². The number of halogens is 3. The molecule has 2 aliphatic heterocycles. The molecule has 0 radical (unpaired) electrons. The smallest absolute Gasteiger partial charge is 0.475 e. The van der Waals surface area contributed by atoms with Crippen LogP contribution in [0.15, 0.2) is 0 Å². The second kappa shape index (κ2) is 7.93. The van der Waals surface area contributed by atoms with Crippen LogP contribution in [0.1, 0.15) is 33.2 Å². The van der Waals surface area contributed by atoms with Crippen LogP contribution in [-0.4, -0.2) is 59.2 Å². The molecule has 1 aromatic rings. The molecule has 1 aromatic heterocycles. The average molecular weight is 365 g/mol. The second-order valence-corrected chi connectivity index (χ2v) is 6.52. The zero-order chi connectivity index (χ0) is 17.7. The summed E-state index contributed by atoms with van der Waals surface area (Å²) >= 11 is 1.60. The molecule has 0 bridgehead atoms. The van der Waals surface area contributed by atoms with E-state index in [2.05, 4.69) is 10.3 Å². The summed E-state index contributed by atoms with van der Waals surface area (Å²) in [5.74, 6) is -2.61. The minimum absolute atomic E-state index is 0.147. The van der Waals surface area contributed by atoms with E-state index >= 15 is 0 Å². The first-order chi connectivity index (χ1) is 11.3. The van der Waals surface area contributed by atoms with Crippen molar-refractivity contribution in [1.82, 2.24) is 15.2 Å². The van der Waals surface area contributed by atoms with Gasteiger partial charge in [-0.3, -0.25) is 4.79 Å². The third-order valence-electron chi connectivity index (χ3n) is 3.66. The number of aromatic nitrogens is 1. The molecule has 24 heavy (non-hydrogen) atoms. The van der Waals surface area contributed by atoms with E-state index in [1.807, 2.05) is 4.90 Å². The maximum Gasteiger partial charge on any atom is 0.490 e. The van der Waals surface area contributed by atoms with Gasteiger partial charge >= 0.3 is 12.1 Å². The van der Waals surface area contributed by atoms with E-state index in [1.165, 1.54) is 4.88 Å². The Bertz CT molecular complexity index is 574. The fourth-order valence-electron chi connectivity index (χ4n) is 2.45. The highest BCUT2D eigenvalue weighted by Gasteiger charge is 2.38. The molecule has 10 heteroatoms. The number of carbonyl (C=O) groups is 2. The van der Waals surface area contributed by atoms with Crippen molar-refractivity contribution in [2.75, 3.05) is 26.2 Å². The van der Waals surface area contributed by atoms with Gasteiger partial charge in [-0.05, 0) is 19.3 Å². The molecular weight excluding hydrogens is 347 g/mol. The maximum absolute atomic E-state index is 12.2.